The Morgan fingerprint density at radius 3 is 2.82 bits per heavy atom. The fraction of sp³-hybridized carbons (Fsp3) is 0.217. The van der Waals surface area contributed by atoms with E-state index >= 15 is 0 Å². The van der Waals surface area contributed by atoms with Crippen LogP contribution in [0.2, 0.25) is 5.02 Å². The molecular weight excluding hydrogens is 372 g/mol. The van der Waals surface area contributed by atoms with Crippen LogP contribution in [-0.2, 0) is 17.8 Å². The molecule has 0 bridgehead atoms. The van der Waals surface area contributed by atoms with Gasteiger partial charge in [-0.15, -0.1) is 0 Å². The minimum absolute atomic E-state index is 0.0141. The molecule has 1 fully saturated rings. The lowest BCUT2D eigenvalue weighted by Gasteiger charge is -2.23. The van der Waals surface area contributed by atoms with E-state index in [0.717, 1.165) is 58.1 Å². The molecule has 1 atom stereocenters. The number of hydrogen-bond donors (Lipinski definition) is 0. The number of carbonyl (C=O) groups is 1. The predicted octanol–water partition coefficient (Wildman–Crippen LogP) is 4.89. The lowest BCUT2D eigenvalue weighted by molar-refractivity contribution is -0.120. The smallest absolute Gasteiger partial charge is 0.230 e. The zero-order valence-corrected chi connectivity index (χ0v) is 16.0. The van der Waals surface area contributed by atoms with Crippen molar-refractivity contribution in [2.24, 2.45) is 5.92 Å². The highest BCUT2D eigenvalue weighted by Crippen LogP contribution is 2.39. The van der Waals surface area contributed by atoms with Crippen LogP contribution < -0.4 is 9.64 Å². The number of anilines is 1. The normalized spacial score (nSPS) is 17.8. The summed E-state index contributed by atoms with van der Waals surface area (Å²) >= 11 is 5.96. The molecule has 3 heterocycles. The minimum atomic E-state index is 0.0141. The SMILES string of the molecule is O=C1C(Cc2ccc(Cl)cc2)CCN1c1ccc2c(c1)COc1cnccc1-2. The minimum Gasteiger partial charge on any atom is -0.487 e. The zero-order valence-electron chi connectivity index (χ0n) is 15.3. The highest BCUT2D eigenvalue weighted by atomic mass is 35.5. The van der Waals surface area contributed by atoms with Gasteiger partial charge >= 0.3 is 0 Å². The number of fused-ring (bicyclic) bond motifs is 3. The van der Waals surface area contributed by atoms with E-state index in [1.54, 1.807) is 12.4 Å². The summed E-state index contributed by atoms with van der Waals surface area (Å²) in [6, 6.07) is 15.9. The summed E-state index contributed by atoms with van der Waals surface area (Å²) in [4.78, 5) is 19.0. The number of halogens is 1. The molecule has 0 saturated carbocycles. The lowest BCUT2D eigenvalue weighted by atomic mass is 9.97. The Hall–Kier alpha value is -2.85. The molecule has 2 aliphatic heterocycles. The largest absolute Gasteiger partial charge is 0.487 e. The van der Waals surface area contributed by atoms with Crippen molar-refractivity contribution < 1.29 is 9.53 Å². The molecule has 4 nitrogen and oxygen atoms in total. The van der Waals surface area contributed by atoms with Crippen LogP contribution in [0.1, 0.15) is 17.5 Å². The van der Waals surface area contributed by atoms with Gasteiger partial charge in [-0.1, -0.05) is 29.8 Å². The number of hydrogen-bond acceptors (Lipinski definition) is 3. The van der Waals surface area contributed by atoms with Crippen molar-refractivity contribution in [3.63, 3.8) is 0 Å². The number of ether oxygens (including phenoxy) is 1. The van der Waals surface area contributed by atoms with Gasteiger partial charge in [0.25, 0.3) is 0 Å². The van der Waals surface area contributed by atoms with Crippen LogP contribution in [0.25, 0.3) is 11.1 Å². The van der Waals surface area contributed by atoms with E-state index in [2.05, 4.69) is 17.1 Å². The Morgan fingerprint density at radius 2 is 1.96 bits per heavy atom. The van der Waals surface area contributed by atoms with Crippen LogP contribution in [-0.4, -0.2) is 17.4 Å². The van der Waals surface area contributed by atoms with Gasteiger partial charge in [-0.05, 0) is 59.9 Å². The number of aromatic nitrogens is 1. The third-order valence-corrected chi connectivity index (χ3v) is 5.82. The van der Waals surface area contributed by atoms with Crippen LogP contribution >= 0.6 is 11.6 Å². The third-order valence-electron chi connectivity index (χ3n) is 5.57. The Balaban J connectivity index is 1.37. The fourth-order valence-corrected chi connectivity index (χ4v) is 4.22. The Labute approximate surface area is 168 Å². The van der Waals surface area contributed by atoms with Crippen LogP contribution in [0.3, 0.4) is 0 Å². The standard InChI is InChI=1S/C23H19ClN2O2/c24-18-3-1-15(2-4-18)11-16-8-10-26(23(16)27)19-5-6-20-17(12-19)14-28-22-13-25-9-7-21(20)22/h1-7,9,12-13,16H,8,10-11,14H2. The molecule has 5 heteroatoms. The summed E-state index contributed by atoms with van der Waals surface area (Å²) in [7, 11) is 0. The first-order chi connectivity index (χ1) is 13.7. The molecule has 140 valence electrons. The molecule has 0 N–H and O–H groups in total. The highest BCUT2D eigenvalue weighted by molar-refractivity contribution is 6.30. The van der Waals surface area contributed by atoms with Crippen molar-refractivity contribution in [3.05, 3.63) is 77.1 Å². The van der Waals surface area contributed by atoms with E-state index in [4.69, 9.17) is 16.3 Å². The maximum absolute atomic E-state index is 13.0. The quantitative estimate of drug-likeness (QED) is 0.639. The number of nitrogens with zero attached hydrogens (tertiary/aromatic N) is 2. The van der Waals surface area contributed by atoms with Crippen molar-refractivity contribution in [2.45, 2.75) is 19.4 Å². The number of rotatable bonds is 3. The first-order valence-corrected chi connectivity index (χ1v) is 9.83. The number of pyridine rings is 1. The van der Waals surface area contributed by atoms with Gasteiger partial charge in [0.05, 0.1) is 6.20 Å². The second kappa shape index (κ2) is 6.95. The van der Waals surface area contributed by atoms with Crippen molar-refractivity contribution in [1.29, 1.82) is 0 Å². The molecule has 0 radical (unpaired) electrons. The first kappa shape index (κ1) is 17.3. The number of amides is 1. The molecule has 1 amide bonds. The zero-order chi connectivity index (χ0) is 19.1. The Morgan fingerprint density at radius 1 is 1.11 bits per heavy atom. The topological polar surface area (TPSA) is 42.4 Å². The van der Waals surface area contributed by atoms with E-state index in [0.29, 0.717) is 6.61 Å². The van der Waals surface area contributed by atoms with E-state index in [1.807, 2.05) is 41.3 Å². The van der Waals surface area contributed by atoms with Crippen LogP contribution in [0.4, 0.5) is 5.69 Å². The average Bonchev–Trinajstić information content (AvgIpc) is 3.09. The summed E-state index contributed by atoms with van der Waals surface area (Å²) < 4.78 is 5.83. The molecule has 0 aliphatic carbocycles. The lowest BCUT2D eigenvalue weighted by Crippen LogP contribution is -2.28. The molecular formula is C23H19ClN2O2. The summed E-state index contributed by atoms with van der Waals surface area (Å²) in [6.07, 6.45) is 5.14. The Bertz CT molecular complexity index is 1050. The van der Waals surface area contributed by atoms with Gasteiger partial charge in [0.1, 0.15) is 12.4 Å². The second-order valence-electron chi connectivity index (χ2n) is 7.31. The van der Waals surface area contributed by atoms with Gasteiger partial charge in [0.15, 0.2) is 0 Å². The fourth-order valence-electron chi connectivity index (χ4n) is 4.09. The maximum Gasteiger partial charge on any atom is 0.230 e. The van der Waals surface area contributed by atoms with Crippen molar-refractivity contribution >= 4 is 23.2 Å². The van der Waals surface area contributed by atoms with Crippen molar-refractivity contribution in [3.8, 4) is 16.9 Å². The van der Waals surface area contributed by atoms with Gasteiger partial charge in [-0.3, -0.25) is 9.78 Å². The average molecular weight is 391 g/mol. The van der Waals surface area contributed by atoms with Crippen LogP contribution in [0, 0.1) is 5.92 Å². The van der Waals surface area contributed by atoms with Gasteiger partial charge < -0.3 is 9.64 Å². The van der Waals surface area contributed by atoms with E-state index in [1.165, 1.54) is 0 Å². The molecule has 2 aliphatic rings. The molecule has 2 aromatic carbocycles. The van der Waals surface area contributed by atoms with Gasteiger partial charge in [-0.2, -0.15) is 0 Å². The third kappa shape index (κ3) is 3.04. The van der Waals surface area contributed by atoms with E-state index in [-0.39, 0.29) is 11.8 Å². The molecule has 1 saturated heterocycles. The molecule has 1 unspecified atom stereocenters. The predicted molar refractivity (Wildman–Crippen MR) is 110 cm³/mol. The summed E-state index contributed by atoms with van der Waals surface area (Å²) in [5, 5.41) is 0.719. The van der Waals surface area contributed by atoms with E-state index < -0.39 is 0 Å². The number of benzene rings is 2. The maximum atomic E-state index is 13.0. The molecule has 0 spiro atoms. The second-order valence-corrected chi connectivity index (χ2v) is 7.74. The summed E-state index contributed by atoms with van der Waals surface area (Å²) in [5.41, 5.74) is 5.40. The van der Waals surface area contributed by atoms with Gasteiger partial charge in [-0.25, -0.2) is 0 Å². The van der Waals surface area contributed by atoms with Gasteiger partial charge in [0, 0.05) is 34.9 Å². The number of carbonyl (C=O) groups excluding carboxylic acids is 1. The summed E-state index contributed by atoms with van der Waals surface area (Å²) in [5.74, 6) is 1.01. The molecule has 28 heavy (non-hydrogen) atoms. The molecule has 5 rings (SSSR count). The van der Waals surface area contributed by atoms with Crippen LogP contribution in [0.5, 0.6) is 5.75 Å². The first-order valence-electron chi connectivity index (χ1n) is 9.45. The monoisotopic (exact) mass is 390 g/mol. The Kier molecular flexibility index (Phi) is 4.29. The van der Waals surface area contributed by atoms with E-state index in [9.17, 15) is 4.79 Å². The molecule has 1 aromatic heterocycles. The highest BCUT2D eigenvalue weighted by Gasteiger charge is 2.33. The molecule has 3 aromatic rings. The van der Waals surface area contributed by atoms with Crippen molar-refractivity contribution in [2.75, 3.05) is 11.4 Å². The summed E-state index contributed by atoms with van der Waals surface area (Å²) in [6.45, 7) is 1.25. The van der Waals surface area contributed by atoms with Crippen molar-refractivity contribution in [1.82, 2.24) is 4.98 Å². The van der Waals surface area contributed by atoms with Crippen LogP contribution in [0.15, 0.2) is 60.9 Å². The van der Waals surface area contributed by atoms with Gasteiger partial charge in [0.2, 0.25) is 5.91 Å².